The van der Waals surface area contributed by atoms with E-state index >= 15 is 0 Å². The van der Waals surface area contributed by atoms with Gasteiger partial charge in [0.25, 0.3) is 5.91 Å². The standard InChI is InChI=1S/C20H16N2O2S2/c23-19(21-12-16-4-3-11-25-16)13-24-15-9-7-14(8-10-15)20-22-17-5-1-2-6-18(17)26-20/h1-11H,12-13H2,(H,21,23). The number of hydrogen-bond donors (Lipinski definition) is 1. The molecule has 0 saturated heterocycles. The third kappa shape index (κ3) is 3.92. The Morgan fingerprint density at radius 3 is 2.65 bits per heavy atom. The lowest BCUT2D eigenvalue weighted by atomic mass is 10.2. The zero-order chi connectivity index (χ0) is 17.8. The molecule has 0 saturated carbocycles. The molecular weight excluding hydrogens is 364 g/mol. The normalized spacial score (nSPS) is 10.8. The van der Waals surface area contributed by atoms with E-state index < -0.39 is 0 Å². The number of rotatable bonds is 6. The maximum absolute atomic E-state index is 11.9. The number of aromatic nitrogens is 1. The predicted octanol–water partition coefficient (Wildman–Crippen LogP) is 4.72. The number of hydrogen-bond acceptors (Lipinski definition) is 5. The number of para-hydroxylation sites is 1. The third-order valence-corrected chi connectivity index (χ3v) is 5.77. The predicted molar refractivity (Wildman–Crippen MR) is 107 cm³/mol. The smallest absolute Gasteiger partial charge is 0.258 e. The Labute approximate surface area is 159 Å². The van der Waals surface area contributed by atoms with Crippen molar-refractivity contribution in [2.24, 2.45) is 0 Å². The van der Waals surface area contributed by atoms with Crippen LogP contribution in [0.2, 0.25) is 0 Å². The van der Waals surface area contributed by atoms with Gasteiger partial charge in [-0.3, -0.25) is 4.79 Å². The lowest BCUT2D eigenvalue weighted by Crippen LogP contribution is -2.28. The molecule has 6 heteroatoms. The van der Waals surface area contributed by atoms with Gasteiger partial charge in [0.2, 0.25) is 0 Å². The van der Waals surface area contributed by atoms with Crippen molar-refractivity contribution in [2.45, 2.75) is 6.54 Å². The number of carbonyl (C=O) groups excluding carboxylic acids is 1. The summed E-state index contributed by atoms with van der Waals surface area (Å²) in [6.07, 6.45) is 0. The zero-order valence-corrected chi connectivity index (χ0v) is 15.5. The van der Waals surface area contributed by atoms with Gasteiger partial charge in [0.1, 0.15) is 10.8 Å². The topological polar surface area (TPSA) is 51.2 Å². The molecule has 0 bridgehead atoms. The second kappa shape index (κ2) is 7.68. The first-order valence-corrected chi connectivity index (χ1v) is 9.85. The molecule has 2 aromatic carbocycles. The van der Waals surface area contributed by atoms with Gasteiger partial charge in [-0.15, -0.1) is 22.7 Å². The van der Waals surface area contributed by atoms with E-state index in [4.69, 9.17) is 4.74 Å². The van der Waals surface area contributed by atoms with Crippen molar-refractivity contribution in [3.63, 3.8) is 0 Å². The van der Waals surface area contributed by atoms with E-state index in [1.807, 2.05) is 60.0 Å². The Morgan fingerprint density at radius 2 is 1.88 bits per heavy atom. The van der Waals surface area contributed by atoms with Gasteiger partial charge >= 0.3 is 0 Å². The summed E-state index contributed by atoms with van der Waals surface area (Å²) < 4.78 is 6.73. The van der Waals surface area contributed by atoms with Gasteiger partial charge in [-0.05, 0) is 47.8 Å². The number of fused-ring (bicyclic) bond motifs is 1. The Kier molecular flexibility index (Phi) is 4.95. The van der Waals surface area contributed by atoms with E-state index in [0.29, 0.717) is 12.3 Å². The SMILES string of the molecule is O=C(COc1ccc(-c2nc3ccccc3s2)cc1)NCc1cccs1. The minimum atomic E-state index is -0.131. The number of nitrogens with one attached hydrogen (secondary N) is 1. The van der Waals surface area contributed by atoms with Crippen molar-refractivity contribution in [3.05, 3.63) is 70.9 Å². The number of benzene rings is 2. The highest BCUT2D eigenvalue weighted by molar-refractivity contribution is 7.21. The number of thiazole rings is 1. The highest BCUT2D eigenvalue weighted by Crippen LogP contribution is 2.30. The molecule has 1 N–H and O–H groups in total. The highest BCUT2D eigenvalue weighted by atomic mass is 32.1. The van der Waals surface area contributed by atoms with Crippen molar-refractivity contribution < 1.29 is 9.53 Å². The number of carbonyl (C=O) groups is 1. The first-order chi connectivity index (χ1) is 12.8. The molecular formula is C20H16N2O2S2. The molecule has 0 unspecified atom stereocenters. The van der Waals surface area contributed by atoms with Crippen molar-refractivity contribution in [2.75, 3.05) is 6.61 Å². The molecule has 0 aliphatic heterocycles. The van der Waals surface area contributed by atoms with Crippen LogP contribution in [-0.2, 0) is 11.3 Å². The Hall–Kier alpha value is -2.70. The van der Waals surface area contributed by atoms with Crippen LogP contribution in [0.5, 0.6) is 5.75 Å². The number of thiophene rings is 1. The van der Waals surface area contributed by atoms with Crippen molar-refractivity contribution in [3.8, 4) is 16.3 Å². The summed E-state index contributed by atoms with van der Waals surface area (Å²) in [6, 6.07) is 19.7. The lowest BCUT2D eigenvalue weighted by Gasteiger charge is -2.07. The minimum absolute atomic E-state index is 0.00581. The summed E-state index contributed by atoms with van der Waals surface area (Å²) in [5, 5.41) is 5.81. The van der Waals surface area contributed by atoms with E-state index in [1.165, 1.54) is 4.70 Å². The summed E-state index contributed by atoms with van der Waals surface area (Å²) in [6.45, 7) is 0.544. The molecule has 4 aromatic rings. The molecule has 0 atom stereocenters. The summed E-state index contributed by atoms with van der Waals surface area (Å²) in [7, 11) is 0. The van der Waals surface area contributed by atoms with Crippen LogP contribution in [0.4, 0.5) is 0 Å². The molecule has 130 valence electrons. The molecule has 26 heavy (non-hydrogen) atoms. The fourth-order valence-electron chi connectivity index (χ4n) is 2.49. The van der Waals surface area contributed by atoms with E-state index in [0.717, 1.165) is 21.0 Å². The summed E-state index contributed by atoms with van der Waals surface area (Å²) in [5.41, 5.74) is 2.05. The van der Waals surface area contributed by atoms with Gasteiger partial charge in [0.05, 0.1) is 16.8 Å². The van der Waals surface area contributed by atoms with Crippen LogP contribution < -0.4 is 10.1 Å². The average Bonchev–Trinajstić information content (AvgIpc) is 3.34. The molecule has 0 fully saturated rings. The van der Waals surface area contributed by atoms with Crippen LogP contribution in [0.15, 0.2) is 66.0 Å². The quantitative estimate of drug-likeness (QED) is 0.527. The van der Waals surface area contributed by atoms with Gasteiger partial charge in [-0.2, -0.15) is 0 Å². The van der Waals surface area contributed by atoms with E-state index in [9.17, 15) is 4.79 Å². The van der Waals surface area contributed by atoms with E-state index in [-0.39, 0.29) is 12.5 Å². The van der Waals surface area contributed by atoms with Crippen LogP contribution in [0.3, 0.4) is 0 Å². The second-order valence-corrected chi connectivity index (χ2v) is 7.72. The minimum Gasteiger partial charge on any atom is -0.484 e. The van der Waals surface area contributed by atoms with Crippen molar-refractivity contribution in [1.29, 1.82) is 0 Å². The Morgan fingerprint density at radius 1 is 1.04 bits per heavy atom. The molecule has 0 radical (unpaired) electrons. The first kappa shape index (κ1) is 16.8. The lowest BCUT2D eigenvalue weighted by molar-refractivity contribution is -0.123. The van der Waals surface area contributed by atoms with Gasteiger partial charge in [-0.25, -0.2) is 4.98 Å². The molecule has 1 amide bonds. The molecule has 2 heterocycles. The van der Waals surface area contributed by atoms with E-state index in [1.54, 1.807) is 22.7 Å². The van der Waals surface area contributed by atoms with Gasteiger partial charge < -0.3 is 10.1 Å². The largest absolute Gasteiger partial charge is 0.484 e. The summed E-state index contributed by atoms with van der Waals surface area (Å²) >= 11 is 3.28. The highest BCUT2D eigenvalue weighted by Gasteiger charge is 2.07. The fourth-order valence-corrected chi connectivity index (χ4v) is 4.10. The van der Waals surface area contributed by atoms with Gasteiger partial charge in [-0.1, -0.05) is 18.2 Å². The first-order valence-electron chi connectivity index (χ1n) is 8.16. The fraction of sp³-hybridized carbons (Fsp3) is 0.100. The maximum Gasteiger partial charge on any atom is 0.258 e. The molecule has 4 nitrogen and oxygen atoms in total. The monoisotopic (exact) mass is 380 g/mol. The van der Waals surface area contributed by atoms with Crippen LogP contribution in [-0.4, -0.2) is 17.5 Å². The molecule has 0 spiro atoms. The zero-order valence-electron chi connectivity index (χ0n) is 13.8. The van der Waals surface area contributed by atoms with Gasteiger partial charge in [0, 0.05) is 10.4 Å². The Balaban J connectivity index is 1.34. The number of amides is 1. The van der Waals surface area contributed by atoms with Crippen molar-refractivity contribution in [1.82, 2.24) is 10.3 Å². The van der Waals surface area contributed by atoms with Crippen molar-refractivity contribution >= 4 is 38.8 Å². The average molecular weight is 380 g/mol. The molecule has 2 aromatic heterocycles. The Bertz CT molecular complexity index is 975. The second-order valence-electron chi connectivity index (χ2n) is 5.66. The number of ether oxygens (including phenoxy) is 1. The van der Waals surface area contributed by atoms with Crippen LogP contribution >= 0.6 is 22.7 Å². The maximum atomic E-state index is 11.9. The number of nitrogens with zero attached hydrogens (tertiary/aromatic N) is 1. The molecule has 0 aliphatic carbocycles. The van der Waals surface area contributed by atoms with Crippen LogP contribution in [0.25, 0.3) is 20.8 Å². The third-order valence-electron chi connectivity index (χ3n) is 3.80. The van der Waals surface area contributed by atoms with Gasteiger partial charge in [0.15, 0.2) is 6.61 Å². The van der Waals surface area contributed by atoms with Crippen LogP contribution in [0, 0.1) is 0 Å². The van der Waals surface area contributed by atoms with E-state index in [2.05, 4.69) is 16.4 Å². The molecule has 4 rings (SSSR count). The summed E-state index contributed by atoms with van der Waals surface area (Å²) in [5.74, 6) is 0.537. The summed E-state index contributed by atoms with van der Waals surface area (Å²) in [4.78, 5) is 17.6. The van der Waals surface area contributed by atoms with Crippen LogP contribution in [0.1, 0.15) is 4.88 Å². The molecule has 0 aliphatic rings.